The van der Waals surface area contributed by atoms with Gasteiger partial charge in [-0.3, -0.25) is 4.79 Å². The van der Waals surface area contributed by atoms with Crippen LogP contribution in [0.4, 0.5) is 11.4 Å². The third-order valence-corrected chi connectivity index (χ3v) is 4.01. The van der Waals surface area contributed by atoms with Crippen LogP contribution in [0.5, 0.6) is 0 Å². The zero-order chi connectivity index (χ0) is 12.5. The van der Waals surface area contributed by atoms with Gasteiger partial charge in [0.15, 0.2) is 0 Å². The average Bonchev–Trinajstić information content (AvgIpc) is 2.71. The monoisotopic (exact) mass is 296 g/mol. The Hall–Kier alpha value is -1.03. The molecule has 0 saturated heterocycles. The van der Waals surface area contributed by atoms with Gasteiger partial charge in [0.2, 0.25) is 5.91 Å². The highest BCUT2D eigenvalue weighted by molar-refractivity contribution is 9.10. The SMILES string of the molecule is CC1(C(=O)Nc2ccc(Br)cc2N)CCCC1. The van der Waals surface area contributed by atoms with E-state index in [4.69, 9.17) is 5.73 Å². The first-order valence-corrected chi connectivity index (χ1v) is 6.67. The van der Waals surface area contributed by atoms with Gasteiger partial charge in [0.25, 0.3) is 0 Å². The van der Waals surface area contributed by atoms with Crippen LogP contribution in [0.2, 0.25) is 0 Å². The minimum atomic E-state index is -0.223. The fourth-order valence-corrected chi connectivity index (χ4v) is 2.68. The van der Waals surface area contributed by atoms with Gasteiger partial charge >= 0.3 is 0 Å². The number of nitrogen functional groups attached to an aromatic ring is 1. The van der Waals surface area contributed by atoms with Crippen molar-refractivity contribution in [2.45, 2.75) is 32.6 Å². The number of benzene rings is 1. The number of hydrogen-bond donors (Lipinski definition) is 2. The first kappa shape index (κ1) is 12.4. The fourth-order valence-electron chi connectivity index (χ4n) is 2.30. The minimum Gasteiger partial charge on any atom is -0.397 e. The molecule has 0 aliphatic heterocycles. The topological polar surface area (TPSA) is 55.1 Å². The van der Waals surface area contributed by atoms with Crippen molar-refractivity contribution in [2.24, 2.45) is 5.41 Å². The van der Waals surface area contributed by atoms with Crippen molar-refractivity contribution in [1.82, 2.24) is 0 Å². The van der Waals surface area contributed by atoms with Crippen LogP contribution < -0.4 is 11.1 Å². The first-order chi connectivity index (χ1) is 8.01. The van der Waals surface area contributed by atoms with Gasteiger partial charge in [0, 0.05) is 9.89 Å². The molecule has 17 heavy (non-hydrogen) atoms. The molecule has 3 N–H and O–H groups in total. The highest BCUT2D eigenvalue weighted by atomic mass is 79.9. The van der Waals surface area contributed by atoms with E-state index in [9.17, 15) is 4.79 Å². The van der Waals surface area contributed by atoms with Crippen LogP contribution >= 0.6 is 15.9 Å². The third-order valence-electron chi connectivity index (χ3n) is 3.52. The molecule has 1 amide bonds. The van der Waals surface area contributed by atoms with Gasteiger partial charge in [-0.2, -0.15) is 0 Å². The Bertz CT molecular complexity index is 439. The lowest BCUT2D eigenvalue weighted by molar-refractivity contribution is -0.124. The lowest BCUT2D eigenvalue weighted by atomic mass is 9.88. The molecule has 2 rings (SSSR count). The smallest absolute Gasteiger partial charge is 0.230 e. The molecule has 92 valence electrons. The van der Waals surface area contributed by atoms with Crippen molar-refractivity contribution in [3.8, 4) is 0 Å². The van der Waals surface area contributed by atoms with Crippen LogP contribution in [-0.4, -0.2) is 5.91 Å². The standard InChI is InChI=1S/C13H17BrN2O/c1-13(6-2-3-7-13)12(17)16-11-5-4-9(14)8-10(11)15/h4-5,8H,2-3,6-7,15H2,1H3,(H,16,17). The maximum absolute atomic E-state index is 12.2. The Labute approximate surface area is 110 Å². The molecular weight excluding hydrogens is 280 g/mol. The number of carbonyl (C=O) groups excluding carboxylic acids is 1. The van der Waals surface area contributed by atoms with Gasteiger partial charge in [-0.1, -0.05) is 35.7 Å². The molecule has 1 aromatic carbocycles. The number of amides is 1. The first-order valence-electron chi connectivity index (χ1n) is 5.88. The lowest BCUT2D eigenvalue weighted by Gasteiger charge is -2.22. The van der Waals surface area contributed by atoms with Gasteiger partial charge in [-0.25, -0.2) is 0 Å². The molecule has 0 bridgehead atoms. The van der Waals surface area contributed by atoms with Crippen molar-refractivity contribution >= 4 is 33.2 Å². The van der Waals surface area contributed by atoms with Crippen LogP contribution in [0.3, 0.4) is 0 Å². The summed E-state index contributed by atoms with van der Waals surface area (Å²) >= 11 is 3.35. The fraction of sp³-hybridized carbons (Fsp3) is 0.462. The molecule has 0 atom stereocenters. The van der Waals surface area contributed by atoms with E-state index >= 15 is 0 Å². The second-order valence-electron chi connectivity index (χ2n) is 4.95. The average molecular weight is 297 g/mol. The maximum atomic E-state index is 12.2. The Balaban J connectivity index is 2.13. The van der Waals surface area contributed by atoms with E-state index in [0.29, 0.717) is 11.4 Å². The summed E-state index contributed by atoms with van der Waals surface area (Å²) in [4.78, 5) is 12.2. The number of rotatable bonds is 2. The van der Waals surface area contributed by atoms with Crippen LogP contribution in [0.15, 0.2) is 22.7 Å². The van der Waals surface area contributed by atoms with Crippen molar-refractivity contribution in [3.05, 3.63) is 22.7 Å². The Morgan fingerprint density at radius 1 is 1.41 bits per heavy atom. The number of nitrogens with one attached hydrogen (secondary N) is 1. The molecule has 1 aliphatic rings. The molecule has 0 heterocycles. The summed E-state index contributed by atoms with van der Waals surface area (Å²) in [5.74, 6) is 0.0871. The van der Waals surface area contributed by atoms with Crippen molar-refractivity contribution in [3.63, 3.8) is 0 Å². The second-order valence-corrected chi connectivity index (χ2v) is 5.87. The summed E-state index contributed by atoms with van der Waals surface area (Å²) in [6, 6.07) is 5.51. The summed E-state index contributed by atoms with van der Waals surface area (Å²) in [5, 5.41) is 2.94. The molecule has 1 aromatic rings. The molecule has 0 radical (unpaired) electrons. The van der Waals surface area contributed by atoms with Gasteiger partial charge < -0.3 is 11.1 Å². The number of carbonyl (C=O) groups is 1. The summed E-state index contributed by atoms with van der Waals surface area (Å²) in [6.07, 6.45) is 4.21. The molecule has 1 fully saturated rings. The molecule has 4 heteroatoms. The van der Waals surface area contributed by atoms with E-state index in [-0.39, 0.29) is 11.3 Å². The molecule has 0 unspecified atom stereocenters. The predicted octanol–water partition coefficient (Wildman–Crippen LogP) is 3.55. The third kappa shape index (κ3) is 2.63. The number of halogens is 1. The van der Waals surface area contributed by atoms with Gasteiger partial charge in [-0.15, -0.1) is 0 Å². The summed E-state index contributed by atoms with van der Waals surface area (Å²) in [5.41, 5.74) is 6.94. The Morgan fingerprint density at radius 2 is 2.06 bits per heavy atom. The van der Waals surface area contributed by atoms with E-state index in [1.807, 2.05) is 19.1 Å². The van der Waals surface area contributed by atoms with Crippen molar-refractivity contribution in [2.75, 3.05) is 11.1 Å². The van der Waals surface area contributed by atoms with Gasteiger partial charge in [0.05, 0.1) is 11.4 Å². The normalized spacial score (nSPS) is 18.0. The van der Waals surface area contributed by atoms with Gasteiger partial charge in [-0.05, 0) is 31.0 Å². The zero-order valence-corrected chi connectivity index (χ0v) is 11.5. The molecule has 0 aromatic heterocycles. The van der Waals surface area contributed by atoms with E-state index in [1.165, 1.54) is 0 Å². The molecule has 1 aliphatic carbocycles. The van der Waals surface area contributed by atoms with E-state index in [0.717, 1.165) is 30.2 Å². The molecule has 0 spiro atoms. The molecule has 3 nitrogen and oxygen atoms in total. The Morgan fingerprint density at radius 3 is 2.65 bits per heavy atom. The maximum Gasteiger partial charge on any atom is 0.230 e. The number of nitrogens with two attached hydrogens (primary N) is 1. The van der Waals surface area contributed by atoms with Crippen LogP contribution in [0.1, 0.15) is 32.6 Å². The zero-order valence-electron chi connectivity index (χ0n) is 9.92. The second kappa shape index (κ2) is 4.69. The Kier molecular flexibility index (Phi) is 3.43. The number of hydrogen-bond acceptors (Lipinski definition) is 2. The summed E-state index contributed by atoms with van der Waals surface area (Å²) in [7, 11) is 0. The van der Waals surface area contributed by atoms with E-state index in [1.54, 1.807) is 6.07 Å². The highest BCUT2D eigenvalue weighted by Gasteiger charge is 2.36. The van der Waals surface area contributed by atoms with Crippen molar-refractivity contribution in [1.29, 1.82) is 0 Å². The van der Waals surface area contributed by atoms with E-state index < -0.39 is 0 Å². The van der Waals surface area contributed by atoms with E-state index in [2.05, 4.69) is 21.2 Å². The van der Waals surface area contributed by atoms with Crippen LogP contribution in [-0.2, 0) is 4.79 Å². The van der Waals surface area contributed by atoms with Crippen LogP contribution in [0.25, 0.3) is 0 Å². The minimum absolute atomic E-state index is 0.0871. The molecule has 1 saturated carbocycles. The predicted molar refractivity (Wildman–Crippen MR) is 73.8 cm³/mol. The molecular formula is C13H17BrN2O. The van der Waals surface area contributed by atoms with Gasteiger partial charge in [0.1, 0.15) is 0 Å². The quantitative estimate of drug-likeness (QED) is 0.820. The van der Waals surface area contributed by atoms with Crippen LogP contribution in [0, 0.1) is 5.41 Å². The highest BCUT2D eigenvalue weighted by Crippen LogP contribution is 2.38. The number of anilines is 2. The summed E-state index contributed by atoms with van der Waals surface area (Å²) < 4.78 is 0.917. The lowest BCUT2D eigenvalue weighted by Crippen LogP contribution is -2.31. The largest absolute Gasteiger partial charge is 0.397 e. The summed E-state index contributed by atoms with van der Waals surface area (Å²) in [6.45, 7) is 2.03. The van der Waals surface area contributed by atoms with Crippen molar-refractivity contribution < 1.29 is 4.79 Å².